The number of alkyl halides is 3. The van der Waals surface area contributed by atoms with E-state index in [1.54, 1.807) is 24.3 Å². The number of nitrogens with zero attached hydrogens (tertiary/aromatic N) is 1. The number of carbonyl (C=O) groups excluding carboxylic acids is 1. The van der Waals surface area contributed by atoms with E-state index in [0.29, 0.717) is 0 Å². The van der Waals surface area contributed by atoms with Gasteiger partial charge in [0.25, 0.3) is 0 Å². The van der Waals surface area contributed by atoms with Gasteiger partial charge in [-0.25, -0.2) is 13.2 Å². The first-order valence-corrected chi connectivity index (χ1v) is 8.09. The first-order valence-electron chi connectivity index (χ1n) is 6.44. The van der Waals surface area contributed by atoms with E-state index in [1.807, 2.05) is 6.07 Å². The molecule has 1 aliphatic rings. The molecule has 0 aromatic heterocycles. The summed E-state index contributed by atoms with van der Waals surface area (Å²) in [5.41, 5.74) is -4.46. The van der Waals surface area contributed by atoms with Crippen LogP contribution in [0.4, 0.5) is 18.0 Å². The van der Waals surface area contributed by atoms with Crippen molar-refractivity contribution < 1.29 is 31.1 Å². The molecule has 1 heterocycles. The van der Waals surface area contributed by atoms with E-state index in [1.165, 1.54) is 4.90 Å². The third kappa shape index (κ3) is 3.90. The average Bonchev–Trinajstić information content (AvgIpc) is 2.39. The van der Waals surface area contributed by atoms with Gasteiger partial charge in [-0.2, -0.15) is 13.2 Å². The molecule has 22 heavy (non-hydrogen) atoms. The van der Waals surface area contributed by atoms with Crippen LogP contribution in [0.1, 0.15) is 5.56 Å². The summed E-state index contributed by atoms with van der Waals surface area (Å²) in [6.45, 7) is -0.0481. The van der Waals surface area contributed by atoms with Crippen LogP contribution in [0.2, 0.25) is 0 Å². The Bertz CT molecular complexity index is 624. The summed E-state index contributed by atoms with van der Waals surface area (Å²) in [6, 6.07) is 8.91. The van der Waals surface area contributed by atoms with Crippen molar-refractivity contribution in [1.29, 1.82) is 0 Å². The molecule has 0 spiro atoms. The van der Waals surface area contributed by atoms with Crippen molar-refractivity contribution in [3.05, 3.63) is 35.9 Å². The molecule has 0 atom stereocenters. The Morgan fingerprint density at radius 1 is 1.23 bits per heavy atom. The highest BCUT2D eigenvalue weighted by Gasteiger charge is 2.48. The van der Waals surface area contributed by atoms with Gasteiger partial charge >= 0.3 is 11.6 Å². The van der Waals surface area contributed by atoms with Crippen molar-refractivity contribution in [3.63, 3.8) is 0 Å². The predicted octanol–water partition coefficient (Wildman–Crippen LogP) is 2.19. The highest BCUT2D eigenvalue weighted by molar-refractivity contribution is 7.92. The largest absolute Gasteiger partial charge is 0.497 e. The van der Waals surface area contributed by atoms with E-state index in [0.717, 1.165) is 5.56 Å². The Morgan fingerprint density at radius 3 is 2.36 bits per heavy atom. The molecule has 0 unspecified atom stereocenters. The molecule has 1 fully saturated rings. The monoisotopic (exact) mass is 337 g/mol. The summed E-state index contributed by atoms with van der Waals surface area (Å²) in [5, 5.41) is 0. The third-order valence-electron chi connectivity index (χ3n) is 3.23. The number of carbonyl (C=O) groups is 1. The average molecular weight is 337 g/mol. The van der Waals surface area contributed by atoms with E-state index in [-0.39, 0.29) is 19.7 Å². The molecule has 0 aliphatic carbocycles. The molecular weight excluding hydrogens is 323 g/mol. The van der Waals surface area contributed by atoms with Gasteiger partial charge in [0.2, 0.25) is 9.84 Å². The van der Waals surface area contributed by atoms with E-state index in [9.17, 15) is 26.4 Å². The molecule has 1 aliphatic heterocycles. The normalized spacial score (nSPS) is 16.2. The SMILES string of the molecule is O=C(OCc1ccccc1)N1CC(CS(=O)(=O)C(F)(F)F)C1. The molecule has 0 saturated carbocycles. The molecule has 0 radical (unpaired) electrons. The van der Waals surface area contributed by atoms with Crippen LogP contribution in [0.25, 0.3) is 0 Å². The molecule has 2 rings (SSSR count). The topological polar surface area (TPSA) is 63.7 Å². The van der Waals surface area contributed by atoms with Crippen molar-refractivity contribution in [2.45, 2.75) is 12.1 Å². The van der Waals surface area contributed by atoms with Crippen LogP contribution < -0.4 is 0 Å². The quantitative estimate of drug-likeness (QED) is 0.845. The minimum Gasteiger partial charge on any atom is -0.445 e. The molecule has 0 bridgehead atoms. The summed E-state index contributed by atoms with van der Waals surface area (Å²) in [4.78, 5) is 12.8. The lowest BCUT2D eigenvalue weighted by Gasteiger charge is -2.38. The fraction of sp³-hybridized carbons (Fsp3) is 0.462. The standard InChI is InChI=1S/C13H14F3NO4S/c14-13(15,16)22(19,20)9-11-6-17(7-11)12(18)21-8-10-4-2-1-3-5-10/h1-5,11H,6-9H2. The lowest BCUT2D eigenvalue weighted by atomic mass is 10.0. The van der Waals surface area contributed by atoms with Crippen molar-refractivity contribution in [2.24, 2.45) is 5.92 Å². The van der Waals surface area contributed by atoms with Crippen LogP contribution in [0, 0.1) is 5.92 Å². The summed E-state index contributed by atoms with van der Waals surface area (Å²) in [5.74, 6) is -1.71. The zero-order valence-electron chi connectivity index (χ0n) is 11.4. The van der Waals surface area contributed by atoms with Gasteiger partial charge in [-0.05, 0) is 5.56 Å². The predicted molar refractivity (Wildman–Crippen MR) is 71.5 cm³/mol. The Morgan fingerprint density at radius 2 is 1.82 bits per heavy atom. The number of hydrogen-bond acceptors (Lipinski definition) is 4. The van der Waals surface area contributed by atoms with Gasteiger partial charge in [0.1, 0.15) is 6.61 Å². The minimum atomic E-state index is -5.25. The van der Waals surface area contributed by atoms with Crippen LogP contribution in [0.5, 0.6) is 0 Å². The van der Waals surface area contributed by atoms with E-state index < -0.39 is 33.1 Å². The second kappa shape index (κ2) is 6.15. The number of rotatable bonds is 4. The Kier molecular flexibility index (Phi) is 4.64. The number of likely N-dealkylation sites (tertiary alicyclic amines) is 1. The zero-order valence-corrected chi connectivity index (χ0v) is 12.2. The number of benzene rings is 1. The second-order valence-electron chi connectivity index (χ2n) is 5.04. The molecular formula is C13H14F3NO4S. The fourth-order valence-electron chi connectivity index (χ4n) is 2.04. The van der Waals surface area contributed by atoms with Gasteiger partial charge in [-0.3, -0.25) is 0 Å². The van der Waals surface area contributed by atoms with E-state index in [4.69, 9.17) is 4.74 Å². The minimum absolute atomic E-state index is 0.0526. The Balaban J connectivity index is 1.76. The summed E-state index contributed by atoms with van der Waals surface area (Å²) in [6.07, 6.45) is -0.662. The van der Waals surface area contributed by atoms with Crippen LogP contribution in [-0.2, 0) is 21.2 Å². The second-order valence-corrected chi connectivity index (χ2v) is 7.06. The molecule has 1 aromatic carbocycles. The summed E-state index contributed by atoms with van der Waals surface area (Å²) in [7, 11) is -5.14. The molecule has 1 aromatic rings. The molecule has 122 valence electrons. The number of amides is 1. The molecule has 0 N–H and O–H groups in total. The number of halogens is 3. The highest BCUT2D eigenvalue weighted by Crippen LogP contribution is 2.28. The molecule has 5 nitrogen and oxygen atoms in total. The maximum absolute atomic E-state index is 12.2. The van der Waals surface area contributed by atoms with Gasteiger partial charge in [-0.15, -0.1) is 0 Å². The smallest absolute Gasteiger partial charge is 0.445 e. The number of ether oxygens (including phenoxy) is 1. The summed E-state index contributed by atoms with van der Waals surface area (Å²) < 4.78 is 63.6. The van der Waals surface area contributed by atoms with Gasteiger partial charge in [0.05, 0.1) is 5.75 Å². The third-order valence-corrected chi connectivity index (χ3v) is 4.84. The maximum atomic E-state index is 12.2. The Labute approximate surface area is 125 Å². The van der Waals surface area contributed by atoms with Crippen LogP contribution in [0.15, 0.2) is 30.3 Å². The lowest BCUT2D eigenvalue weighted by molar-refractivity contribution is -0.0444. The molecule has 9 heteroatoms. The molecule has 1 amide bonds. The van der Waals surface area contributed by atoms with Crippen molar-refractivity contribution >= 4 is 15.9 Å². The van der Waals surface area contributed by atoms with Gasteiger partial charge in [-0.1, -0.05) is 30.3 Å². The van der Waals surface area contributed by atoms with Crippen LogP contribution >= 0.6 is 0 Å². The van der Waals surface area contributed by atoms with Gasteiger partial charge in [0.15, 0.2) is 0 Å². The van der Waals surface area contributed by atoms with Crippen LogP contribution in [0.3, 0.4) is 0 Å². The van der Waals surface area contributed by atoms with Crippen molar-refractivity contribution in [2.75, 3.05) is 18.8 Å². The fourth-order valence-corrected chi connectivity index (χ4v) is 3.06. The summed E-state index contributed by atoms with van der Waals surface area (Å²) >= 11 is 0. The Hall–Kier alpha value is -1.77. The van der Waals surface area contributed by atoms with Crippen molar-refractivity contribution in [1.82, 2.24) is 4.90 Å². The first kappa shape index (κ1) is 16.6. The number of hydrogen-bond donors (Lipinski definition) is 0. The maximum Gasteiger partial charge on any atom is 0.497 e. The van der Waals surface area contributed by atoms with E-state index >= 15 is 0 Å². The van der Waals surface area contributed by atoms with Gasteiger partial charge < -0.3 is 9.64 Å². The first-order chi connectivity index (χ1) is 10.2. The van der Waals surface area contributed by atoms with Crippen molar-refractivity contribution in [3.8, 4) is 0 Å². The zero-order chi connectivity index (χ0) is 16.4. The highest BCUT2D eigenvalue weighted by atomic mass is 32.2. The number of sulfone groups is 1. The molecule has 1 saturated heterocycles. The van der Waals surface area contributed by atoms with E-state index in [2.05, 4.69) is 0 Å². The van der Waals surface area contributed by atoms with Gasteiger partial charge in [0, 0.05) is 19.0 Å². The lowest BCUT2D eigenvalue weighted by Crippen LogP contribution is -2.53. The van der Waals surface area contributed by atoms with Crippen LogP contribution in [-0.4, -0.2) is 43.8 Å².